The molecule has 6 rings (SSSR count). The van der Waals surface area contributed by atoms with E-state index >= 15 is 0 Å². The van der Waals surface area contributed by atoms with Crippen molar-refractivity contribution in [3.63, 3.8) is 0 Å². The van der Waals surface area contributed by atoms with E-state index in [9.17, 15) is 29.1 Å². The summed E-state index contributed by atoms with van der Waals surface area (Å²) in [7, 11) is 2.50. The summed E-state index contributed by atoms with van der Waals surface area (Å²) < 4.78 is 9.46. The fourth-order valence-electron chi connectivity index (χ4n) is 7.75. The summed E-state index contributed by atoms with van der Waals surface area (Å²) in [6.45, 7) is 4.85. The number of aliphatic carboxylic acids is 1. The third-order valence-corrected chi connectivity index (χ3v) is 10.7. The van der Waals surface area contributed by atoms with Crippen LogP contribution in [0.3, 0.4) is 0 Å². The number of aliphatic imine (C=N–C) groups is 1. The van der Waals surface area contributed by atoms with E-state index in [0.29, 0.717) is 25.3 Å². The summed E-state index contributed by atoms with van der Waals surface area (Å²) in [5.41, 5.74) is 6.81. The zero-order chi connectivity index (χ0) is 39.2. The second-order valence-electron chi connectivity index (χ2n) is 14.6. The maximum absolute atomic E-state index is 13.5. The molecule has 14 heteroatoms. The summed E-state index contributed by atoms with van der Waals surface area (Å²) >= 11 is 0. The second kappa shape index (κ2) is 17.1. The van der Waals surface area contributed by atoms with Gasteiger partial charge in [-0.15, -0.1) is 0 Å². The van der Waals surface area contributed by atoms with Crippen LogP contribution in [0, 0.1) is 11.8 Å². The van der Waals surface area contributed by atoms with Crippen LogP contribution in [0.2, 0.25) is 0 Å². The molecule has 2 aromatic carbocycles. The van der Waals surface area contributed by atoms with Crippen LogP contribution in [0.5, 0.6) is 0 Å². The number of aromatic amines is 1. The zero-order valence-electron chi connectivity index (χ0n) is 31.6. The van der Waals surface area contributed by atoms with Crippen LogP contribution < -0.4 is 5.32 Å². The summed E-state index contributed by atoms with van der Waals surface area (Å²) in [6.07, 6.45) is 5.96. The third-order valence-electron chi connectivity index (χ3n) is 10.7. The monoisotopic (exact) mass is 752 g/mol. The standard InChI is InChI=1S/C41H48N6O8/c1-24(2)37(45-41(53)55-4)40(52)47-18-6-8-34(47)38-43-23-32(44-38)28-15-13-26(14-16-28)25-9-11-27(12-10-25)30-19-31(42-22-30)33-7-5-17-46(33)39(51)29(20-35(48)49)21-36(50)54-3/h9-16,22-24,29,33-34,37H,5-8,17-21H2,1-4H3,(H,43,44)(H,45,53)(H,48,49)/t29-,33+,34+,37+/m1/s1. The molecule has 3 aliphatic heterocycles. The van der Waals surface area contributed by atoms with Gasteiger partial charge in [-0.1, -0.05) is 62.4 Å². The van der Waals surface area contributed by atoms with Crippen LogP contribution >= 0.6 is 0 Å². The number of imidazole rings is 1. The lowest BCUT2D eigenvalue weighted by Crippen LogP contribution is -2.51. The number of carbonyl (C=O) groups excluding carboxylic acids is 4. The Kier molecular flexibility index (Phi) is 12.1. The molecule has 3 N–H and O–H groups in total. The first-order valence-electron chi connectivity index (χ1n) is 18.7. The molecule has 290 valence electrons. The number of esters is 1. The maximum Gasteiger partial charge on any atom is 0.407 e. The molecule has 55 heavy (non-hydrogen) atoms. The van der Waals surface area contributed by atoms with Gasteiger partial charge in [-0.3, -0.25) is 24.2 Å². The number of hydrogen-bond acceptors (Lipinski definition) is 9. The van der Waals surface area contributed by atoms with Gasteiger partial charge in [-0.25, -0.2) is 9.78 Å². The molecule has 0 unspecified atom stereocenters. The molecule has 2 saturated heterocycles. The largest absolute Gasteiger partial charge is 0.481 e. The highest BCUT2D eigenvalue weighted by molar-refractivity contribution is 6.03. The lowest BCUT2D eigenvalue weighted by molar-refractivity contribution is -0.150. The van der Waals surface area contributed by atoms with E-state index in [4.69, 9.17) is 14.5 Å². The number of H-pyrrole nitrogens is 1. The lowest BCUT2D eigenvalue weighted by Gasteiger charge is -2.30. The Bertz CT molecular complexity index is 1970. The number of likely N-dealkylation sites (tertiary alicyclic amines) is 2. The van der Waals surface area contributed by atoms with Crippen LogP contribution in [0.25, 0.3) is 28.0 Å². The Balaban J connectivity index is 1.07. The average Bonchev–Trinajstić information content (AvgIpc) is 4.02. The van der Waals surface area contributed by atoms with E-state index in [1.165, 1.54) is 14.2 Å². The van der Waals surface area contributed by atoms with Crippen molar-refractivity contribution >= 4 is 41.1 Å². The molecule has 0 saturated carbocycles. The topological polar surface area (TPSA) is 184 Å². The van der Waals surface area contributed by atoms with Gasteiger partial charge in [0.25, 0.3) is 0 Å². The first-order valence-corrected chi connectivity index (χ1v) is 18.7. The normalized spacial score (nSPS) is 19.1. The molecule has 3 aromatic rings. The summed E-state index contributed by atoms with van der Waals surface area (Å²) in [4.78, 5) is 78.6. The predicted octanol–water partition coefficient (Wildman–Crippen LogP) is 5.62. The molecule has 2 fully saturated rings. The molecule has 4 heterocycles. The van der Waals surface area contributed by atoms with E-state index in [1.807, 2.05) is 32.2 Å². The molecular formula is C41H48N6O8. The lowest BCUT2D eigenvalue weighted by atomic mass is 9.95. The van der Waals surface area contributed by atoms with Gasteiger partial charge in [0.1, 0.15) is 11.9 Å². The van der Waals surface area contributed by atoms with Crippen molar-refractivity contribution < 1.29 is 38.6 Å². The maximum atomic E-state index is 13.5. The molecule has 4 atom stereocenters. The zero-order valence-corrected chi connectivity index (χ0v) is 31.6. The first kappa shape index (κ1) is 38.9. The number of nitrogens with zero attached hydrogens (tertiary/aromatic N) is 4. The Hall–Kier alpha value is -5.79. The number of hydrogen-bond donors (Lipinski definition) is 3. The number of ether oxygens (including phenoxy) is 2. The van der Waals surface area contributed by atoms with Crippen molar-refractivity contribution in [2.24, 2.45) is 16.8 Å². The van der Waals surface area contributed by atoms with Crippen LogP contribution in [0.1, 0.15) is 76.2 Å². The predicted molar refractivity (Wildman–Crippen MR) is 204 cm³/mol. The van der Waals surface area contributed by atoms with Gasteiger partial charge in [0.15, 0.2) is 0 Å². The Labute approximate surface area is 320 Å². The van der Waals surface area contributed by atoms with Gasteiger partial charge in [-0.05, 0) is 59.4 Å². The van der Waals surface area contributed by atoms with Crippen LogP contribution in [-0.4, -0.2) is 99.8 Å². The fraction of sp³-hybridized carbons (Fsp3) is 0.439. The minimum Gasteiger partial charge on any atom is -0.481 e. The number of amides is 3. The summed E-state index contributed by atoms with van der Waals surface area (Å²) in [6, 6.07) is 15.3. The molecule has 0 spiro atoms. The molecule has 0 aliphatic carbocycles. The Morgan fingerprint density at radius 2 is 1.44 bits per heavy atom. The molecule has 3 aliphatic rings. The number of nitrogens with one attached hydrogen (secondary N) is 2. The van der Waals surface area contributed by atoms with Gasteiger partial charge in [0.2, 0.25) is 11.8 Å². The quantitative estimate of drug-likeness (QED) is 0.187. The first-order chi connectivity index (χ1) is 26.5. The molecular weight excluding hydrogens is 704 g/mol. The van der Waals surface area contributed by atoms with E-state index in [-0.39, 0.29) is 36.2 Å². The number of benzene rings is 2. The highest BCUT2D eigenvalue weighted by Gasteiger charge is 2.39. The number of alkyl carbamates (subject to hydrolysis) is 1. The van der Waals surface area contributed by atoms with E-state index in [2.05, 4.69) is 51.7 Å². The molecule has 3 amide bonds. The van der Waals surface area contributed by atoms with Crippen LogP contribution in [0.4, 0.5) is 4.79 Å². The number of methoxy groups -OCH3 is 2. The minimum absolute atomic E-state index is 0.113. The number of allylic oxidation sites excluding steroid dienone is 1. The SMILES string of the molecule is COC(=O)C[C@@H](CC(=O)O)C(=O)N1CCC[C@H]1C1=NC=C(c2ccc(-c3ccc(-c4cnc([C@@H]5CCCN5C(=O)[C@@H](NC(=O)OC)C(C)C)[nH]4)cc3)cc2)C1. The van der Waals surface area contributed by atoms with E-state index < -0.39 is 36.4 Å². The fourth-order valence-corrected chi connectivity index (χ4v) is 7.75. The van der Waals surface area contributed by atoms with Crippen molar-refractivity contribution in [2.75, 3.05) is 27.3 Å². The summed E-state index contributed by atoms with van der Waals surface area (Å²) in [5, 5.41) is 12.1. The van der Waals surface area contributed by atoms with Gasteiger partial charge < -0.3 is 34.7 Å². The molecule has 1 aromatic heterocycles. The van der Waals surface area contributed by atoms with E-state index in [1.54, 1.807) is 16.0 Å². The Morgan fingerprint density at radius 3 is 2.04 bits per heavy atom. The summed E-state index contributed by atoms with van der Waals surface area (Å²) in [5.74, 6) is -2.64. The van der Waals surface area contributed by atoms with Crippen LogP contribution in [-0.2, 0) is 28.7 Å². The number of aromatic nitrogens is 2. The number of rotatable bonds is 13. The van der Waals surface area contributed by atoms with Gasteiger partial charge in [0, 0.05) is 31.4 Å². The van der Waals surface area contributed by atoms with Gasteiger partial charge >= 0.3 is 18.0 Å². The van der Waals surface area contributed by atoms with E-state index in [0.717, 1.165) is 64.9 Å². The number of carbonyl (C=O) groups is 5. The number of carboxylic acid groups (broad SMARTS) is 1. The van der Waals surface area contributed by atoms with Gasteiger partial charge in [0.05, 0.1) is 57.0 Å². The van der Waals surface area contributed by atoms with Crippen molar-refractivity contribution in [2.45, 2.75) is 76.9 Å². The average molecular weight is 753 g/mol. The molecule has 14 nitrogen and oxygen atoms in total. The third kappa shape index (κ3) is 8.79. The van der Waals surface area contributed by atoms with Crippen molar-refractivity contribution in [1.29, 1.82) is 0 Å². The second-order valence-corrected chi connectivity index (χ2v) is 14.6. The van der Waals surface area contributed by atoms with Gasteiger partial charge in [-0.2, -0.15) is 0 Å². The Morgan fingerprint density at radius 1 is 0.836 bits per heavy atom. The molecule has 0 bridgehead atoms. The highest BCUT2D eigenvalue weighted by Crippen LogP contribution is 2.35. The number of carboxylic acids is 1. The van der Waals surface area contributed by atoms with Crippen molar-refractivity contribution in [3.05, 3.63) is 72.3 Å². The van der Waals surface area contributed by atoms with Crippen LogP contribution in [0.15, 0.2) is 65.9 Å². The smallest absolute Gasteiger partial charge is 0.407 e. The highest BCUT2D eigenvalue weighted by atomic mass is 16.5. The van der Waals surface area contributed by atoms with Crippen molar-refractivity contribution in [3.8, 4) is 22.4 Å². The molecule has 0 radical (unpaired) electrons. The van der Waals surface area contributed by atoms with Crippen molar-refractivity contribution in [1.82, 2.24) is 25.1 Å². The minimum atomic E-state index is -1.14.